The molecule has 18 heavy (non-hydrogen) atoms. The van der Waals surface area contributed by atoms with Crippen LogP contribution in [-0.4, -0.2) is 16.5 Å². The molecule has 98 valence electrons. The molecule has 1 heterocycles. The molecule has 0 bridgehead atoms. The smallest absolute Gasteiger partial charge is 0.251 e. The molecule has 1 amide bonds. The van der Waals surface area contributed by atoms with Gasteiger partial charge in [-0.2, -0.15) is 0 Å². The summed E-state index contributed by atoms with van der Waals surface area (Å²) in [5.41, 5.74) is 0.302. The molecule has 1 aliphatic carbocycles. The van der Waals surface area contributed by atoms with Crippen molar-refractivity contribution in [2.24, 2.45) is 13.0 Å². The average Bonchev–Trinajstić information content (AvgIpc) is 2.35. The summed E-state index contributed by atoms with van der Waals surface area (Å²) in [4.78, 5) is 23.5. The summed E-state index contributed by atoms with van der Waals surface area (Å²) in [6.45, 7) is 2.25. The van der Waals surface area contributed by atoms with Crippen LogP contribution < -0.4 is 10.9 Å². The maximum Gasteiger partial charge on any atom is 0.251 e. The Morgan fingerprint density at radius 1 is 1.33 bits per heavy atom. The van der Waals surface area contributed by atoms with Gasteiger partial charge in [0.2, 0.25) is 0 Å². The lowest BCUT2D eigenvalue weighted by Gasteiger charge is -2.26. The van der Waals surface area contributed by atoms with Crippen molar-refractivity contribution < 1.29 is 4.79 Å². The van der Waals surface area contributed by atoms with Crippen molar-refractivity contribution in [3.05, 3.63) is 34.2 Å². The summed E-state index contributed by atoms with van der Waals surface area (Å²) in [7, 11) is 1.67. The highest BCUT2D eigenvalue weighted by molar-refractivity contribution is 5.94. The highest BCUT2D eigenvalue weighted by atomic mass is 16.2. The first-order valence-electron chi connectivity index (χ1n) is 6.54. The Morgan fingerprint density at radius 3 is 2.61 bits per heavy atom. The van der Waals surface area contributed by atoms with Crippen LogP contribution in [0.1, 0.15) is 43.0 Å². The van der Waals surface area contributed by atoms with Crippen molar-refractivity contribution in [3.63, 3.8) is 0 Å². The molecule has 4 heteroatoms. The largest absolute Gasteiger partial charge is 0.349 e. The molecular formula is C14H20N2O2. The minimum absolute atomic E-state index is 0.132. The number of nitrogens with zero attached hydrogens (tertiary/aromatic N) is 1. The molecule has 1 N–H and O–H groups in total. The van der Waals surface area contributed by atoms with Crippen LogP contribution in [0.3, 0.4) is 0 Å². The molecule has 0 radical (unpaired) electrons. The summed E-state index contributed by atoms with van der Waals surface area (Å²) >= 11 is 0. The van der Waals surface area contributed by atoms with Gasteiger partial charge >= 0.3 is 0 Å². The molecule has 0 saturated heterocycles. The number of pyridine rings is 1. The first-order chi connectivity index (χ1) is 8.56. The summed E-state index contributed by atoms with van der Waals surface area (Å²) < 4.78 is 1.46. The number of carbonyl (C=O) groups excluding carboxylic acids is 1. The zero-order valence-corrected chi connectivity index (χ0v) is 11.0. The first-order valence-corrected chi connectivity index (χ1v) is 6.54. The van der Waals surface area contributed by atoms with Gasteiger partial charge in [0.15, 0.2) is 0 Å². The number of nitrogens with one attached hydrogen (secondary N) is 1. The van der Waals surface area contributed by atoms with E-state index in [4.69, 9.17) is 0 Å². The van der Waals surface area contributed by atoms with Crippen LogP contribution in [0.4, 0.5) is 0 Å². The van der Waals surface area contributed by atoms with Gasteiger partial charge in [-0.05, 0) is 37.7 Å². The minimum atomic E-state index is -0.153. The Bertz CT molecular complexity index is 485. The molecule has 2 rings (SSSR count). The fraction of sp³-hybridized carbons (Fsp3) is 0.571. The second-order valence-electron chi connectivity index (χ2n) is 5.29. The maximum absolute atomic E-state index is 12.0. The van der Waals surface area contributed by atoms with E-state index in [0.717, 1.165) is 18.8 Å². The summed E-state index contributed by atoms with van der Waals surface area (Å²) in [5, 5.41) is 3.02. The Balaban J connectivity index is 1.99. The quantitative estimate of drug-likeness (QED) is 0.866. The van der Waals surface area contributed by atoms with Crippen molar-refractivity contribution in [1.29, 1.82) is 0 Å². The van der Waals surface area contributed by atoms with E-state index in [1.54, 1.807) is 19.3 Å². The number of hydrogen-bond acceptors (Lipinski definition) is 2. The Morgan fingerprint density at radius 2 is 2.00 bits per heavy atom. The van der Waals surface area contributed by atoms with Crippen molar-refractivity contribution in [2.45, 2.75) is 38.6 Å². The van der Waals surface area contributed by atoms with Crippen LogP contribution in [0.2, 0.25) is 0 Å². The predicted octanol–water partition coefficient (Wildman–Crippen LogP) is 1.69. The third-order valence-corrected chi connectivity index (χ3v) is 3.72. The lowest BCUT2D eigenvalue weighted by Crippen LogP contribution is -2.37. The minimum Gasteiger partial charge on any atom is -0.349 e. The molecule has 1 aromatic rings. The van der Waals surface area contributed by atoms with E-state index in [0.29, 0.717) is 5.56 Å². The van der Waals surface area contributed by atoms with Gasteiger partial charge in [0, 0.05) is 30.9 Å². The molecular weight excluding hydrogens is 228 g/mol. The lowest BCUT2D eigenvalue weighted by atomic mass is 9.87. The first kappa shape index (κ1) is 12.9. The number of amides is 1. The zero-order chi connectivity index (χ0) is 13.1. The van der Waals surface area contributed by atoms with Gasteiger partial charge in [-0.3, -0.25) is 9.59 Å². The SMILES string of the molecule is CC1CCC(NC(=O)c2ccn(C)c(=O)c2)CC1. The van der Waals surface area contributed by atoms with Crippen molar-refractivity contribution >= 4 is 5.91 Å². The van der Waals surface area contributed by atoms with Gasteiger partial charge in [0.25, 0.3) is 11.5 Å². The third-order valence-electron chi connectivity index (χ3n) is 3.72. The van der Waals surface area contributed by atoms with Crippen LogP contribution in [0.15, 0.2) is 23.1 Å². The second kappa shape index (κ2) is 5.38. The van der Waals surface area contributed by atoms with Gasteiger partial charge in [-0.15, -0.1) is 0 Å². The number of aryl methyl sites for hydroxylation is 1. The molecule has 1 fully saturated rings. The molecule has 4 nitrogen and oxygen atoms in total. The van der Waals surface area contributed by atoms with E-state index >= 15 is 0 Å². The molecule has 0 aromatic carbocycles. The van der Waals surface area contributed by atoms with E-state index in [2.05, 4.69) is 12.2 Å². The van der Waals surface area contributed by atoms with Crippen LogP contribution in [0.25, 0.3) is 0 Å². The van der Waals surface area contributed by atoms with Crippen LogP contribution in [-0.2, 0) is 7.05 Å². The van der Waals surface area contributed by atoms with Crippen LogP contribution >= 0.6 is 0 Å². The maximum atomic E-state index is 12.0. The van der Waals surface area contributed by atoms with Crippen molar-refractivity contribution in [2.75, 3.05) is 0 Å². The van der Waals surface area contributed by atoms with Gasteiger partial charge in [-0.1, -0.05) is 6.92 Å². The number of rotatable bonds is 2. The molecule has 0 aliphatic heterocycles. The normalized spacial score (nSPS) is 23.7. The molecule has 0 unspecified atom stereocenters. The number of hydrogen-bond donors (Lipinski definition) is 1. The van der Waals surface area contributed by atoms with E-state index in [-0.39, 0.29) is 17.5 Å². The fourth-order valence-electron chi connectivity index (χ4n) is 2.36. The molecule has 1 saturated carbocycles. The van der Waals surface area contributed by atoms with E-state index in [9.17, 15) is 9.59 Å². The van der Waals surface area contributed by atoms with Gasteiger partial charge < -0.3 is 9.88 Å². The Kier molecular flexibility index (Phi) is 3.84. The van der Waals surface area contributed by atoms with Crippen LogP contribution in [0.5, 0.6) is 0 Å². The second-order valence-corrected chi connectivity index (χ2v) is 5.29. The van der Waals surface area contributed by atoms with Crippen LogP contribution in [0, 0.1) is 5.92 Å². The van der Waals surface area contributed by atoms with E-state index in [1.165, 1.54) is 23.5 Å². The van der Waals surface area contributed by atoms with E-state index in [1.807, 2.05) is 0 Å². The average molecular weight is 248 g/mol. The molecule has 0 spiro atoms. The monoisotopic (exact) mass is 248 g/mol. The molecule has 0 atom stereocenters. The fourth-order valence-corrected chi connectivity index (χ4v) is 2.36. The third kappa shape index (κ3) is 3.00. The standard InChI is InChI=1S/C14H20N2O2/c1-10-3-5-12(6-4-10)15-14(18)11-7-8-16(2)13(17)9-11/h7-10,12H,3-6H2,1-2H3,(H,15,18). The highest BCUT2D eigenvalue weighted by Crippen LogP contribution is 2.23. The number of carbonyl (C=O) groups is 1. The van der Waals surface area contributed by atoms with Gasteiger partial charge in [0.05, 0.1) is 0 Å². The zero-order valence-electron chi connectivity index (χ0n) is 11.0. The molecule has 1 aromatic heterocycles. The molecule has 1 aliphatic rings. The number of aromatic nitrogens is 1. The lowest BCUT2D eigenvalue weighted by molar-refractivity contribution is 0.0922. The summed E-state index contributed by atoms with van der Waals surface area (Å²) in [5.74, 6) is 0.634. The summed E-state index contributed by atoms with van der Waals surface area (Å²) in [6, 6.07) is 3.33. The topological polar surface area (TPSA) is 51.1 Å². The highest BCUT2D eigenvalue weighted by Gasteiger charge is 2.20. The van der Waals surface area contributed by atoms with Crippen molar-refractivity contribution in [3.8, 4) is 0 Å². The van der Waals surface area contributed by atoms with Gasteiger partial charge in [-0.25, -0.2) is 0 Å². The van der Waals surface area contributed by atoms with Gasteiger partial charge in [0.1, 0.15) is 0 Å². The predicted molar refractivity (Wildman–Crippen MR) is 70.6 cm³/mol. The Labute approximate surface area is 107 Å². The van der Waals surface area contributed by atoms with E-state index < -0.39 is 0 Å². The summed E-state index contributed by atoms with van der Waals surface area (Å²) in [6.07, 6.45) is 6.04. The Hall–Kier alpha value is -1.58. The van der Waals surface area contributed by atoms with Crippen molar-refractivity contribution in [1.82, 2.24) is 9.88 Å².